The number of rotatable bonds is 4. The maximum Gasteiger partial charge on any atom is 0.275 e. The van der Waals surface area contributed by atoms with Crippen LogP contribution in [0.5, 0.6) is 0 Å². The molecule has 1 aromatic heterocycles. The Kier molecular flexibility index (Phi) is 5.82. The maximum atomic E-state index is 12.8. The van der Waals surface area contributed by atoms with E-state index in [1.807, 2.05) is 14.1 Å². The van der Waals surface area contributed by atoms with E-state index >= 15 is 0 Å². The largest absolute Gasteiger partial charge is 0.361 e. The lowest BCUT2D eigenvalue weighted by Gasteiger charge is -2.23. The van der Waals surface area contributed by atoms with Crippen molar-refractivity contribution in [1.82, 2.24) is 15.1 Å². The summed E-state index contributed by atoms with van der Waals surface area (Å²) in [5, 5.41) is 11.7. The number of benzene rings is 1. The van der Waals surface area contributed by atoms with Gasteiger partial charge in [-0.3, -0.25) is 9.59 Å². The Morgan fingerprint density at radius 2 is 1.85 bits per heavy atom. The quantitative estimate of drug-likeness (QED) is 0.841. The second-order valence-electron chi connectivity index (χ2n) is 6.48. The van der Waals surface area contributed by atoms with Crippen molar-refractivity contribution in [2.45, 2.75) is 18.9 Å². The van der Waals surface area contributed by atoms with E-state index in [0.717, 1.165) is 6.42 Å². The van der Waals surface area contributed by atoms with Crippen molar-refractivity contribution >= 4 is 46.5 Å². The van der Waals surface area contributed by atoms with Gasteiger partial charge in [0.1, 0.15) is 6.04 Å². The molecule has 0 radical (unpaired) electrons. The number of halogens is 2. The minimum absolute atomic E-state index is 0.214. The number of likely N-dealkylation sites (tertiary alicyclic amines) is 1. The zero-order chi connectivity index (χ0) is 19.6. The van der Waals surface area contributed by atoms with Gasteiger partial charge < -0.3 is 15.1 Å². The van der Waals surface area contributed by atoms with Gasteiger partial charge in [-0.25, -0.2) is 0 Å². The molecule has 27 heavy (non-hydrogen) atoms. The number of hydrogen-bond donors (Lipinski definition) is 1. The standard InChI is InChI=1S/C18H19Cl2N5O2/c1-24(2)16-6-5-14(22-23-16)18(27)25-7-3-4-15(25)17(26)21-13-9-11(19)8-12(20)10-13/h5-6,8-10,15H,3-4,7H2,1-2H3,(H,21,26). The molecular weight excluding hydrogens is 389 g/mol. The third-order valence-electron chi connectivity index (χ3n) is 4.27. The fourth-order valence-corrected chi connectivity index (χ4v) is 3.48. The Hall–Kier alpha value is -2.38. The second-order valence-corrected chi connectivity index (χ2v) is 7.35. The lowest BCUT2D eigenvalue weighted by molar-refractivity contribution is -0.119. The molecule has 1 aliphatic rings. The van der Waals surface area contributed by atoms with Crippen LogP contribution < -0.4 is 10.2 Å². The highest BCUT2D eigenvalue weighted by molar-refractivity contribution is 6.35. The number of carbonyl (C=O) groups is 2. The predicted molar refractivity (Wildman–Crippen MR) is 106 cm³/mol. The van der Waals surface area contributed by atoms with E-state index < -0.39 is 6.04 Å². The fraction of sp³-hybridized carbons (Fsp3) is 0.333. The SMILES string of the molecule is CN(C)c1ccc(C(=O)N2CCCC2C(=O)Nc2cc(Cl)cc(Cl)c2)nn1. The van der Waals surface area contributed by atoms with Crippen LogP contribution in [0.3, 0.4) is 0 Å². The molecule has 1 N–H and O–H groups in total. The van der Waals surface area contributed by atoms with Crippen molar-refractivity contribution < 1.29 is 9.59 Å². The molecule has 1 atom stereocenters. The molecule has 0 aliphatic carbocycles. The van der Waals surface area contributed by atoms with Crippen molar-refractivity contribution in [1.29, 1.82) is 0 Å². The van der Waals surface area contributed by atoms with Crippen LogP contribution in [0, 0.1) is 0 Å². The lowest BCUT2D eigenvalue weighted by atomic mass is 10.2. The summed E-state index contributed by atoms with van der Waals surface area (Å²) in [6.07, 6.45) is 1.32. The average Bonchev–Trinajstić information content (AvgIpc) is 3.10. The van der Waals surface area contributed by atoms with Crippen LogP contribution in [-0.4, -0.2) is 53.6 Å². The van der Waals surface area contributed by atoms with Gasteiger partial charge in [-0.05, 0) is 43.2 Å². The topological polar surface area (TPSA) is 78.4 Å². The Labute approximate surface area is 167 Å². The first-order chi connectivity index (χ1) is 12.8. The molecule has 0 spiro atoms. The monoisotopic (exact) mass is 407 g/mol. The first-order valence-electron chi connectivity index (χ1n) is 8.44. The van der Waals surface area contributed by atoms with Gasteiger partial charge in [0.15, 0.2) is 11.5 Å². The van der Waals surface area contributed by atoms with Crippen LogP contribution >= 0.6 is 23.2 Å². The number of carbonyl (C=O) groups excluding carboxylic acids is 2. The zero-order valence-corrected chi connectivity index (χ0v) is 16.5. The van der Waals surface area contributed by atoms with Crippen LogP contribution in [0.25, 0.3) is 0 Å². The molecule has 1 fully saturated rings. The Bertz CT molecular complexity index is 837. The molecule has 2 aromatic rings. The average molecular weight is 408 g/mol. The highest BCUT2D eigenvalue weighted by atomic mass is 35.5. The minimum Gasteiger partial charge on any atom is -0.361 e. The van der Waals surface area contributed by atoms with Gasteiger partial charge in [0.2, 0.25) is 5.91 Å². The van der Waals surface area contributed by atoms with Crippen molar-refractivity contribution in [3.05, 3.63) is 46.1 Å². The number of anilines is 2. The van der Waals surface area contributed by atoms with Crippen LogP contribution in [0.4, 0.5) is 11.5 Å². The first kappa shape index (κ1) is 19.4. The smallest absolute Gasteiger partial charge is 0.275 e. The van der Waals surface area contributed by atoms with E-state index in [4.69, 9.17) is 23.2 Å². The van der Waals surface area contributed by atoms with Crippen molar-refractivity contribution in [2.24, 2.45) is 0 Å². The highest BCUT2D eigenvalue weighted by Crippen LogP contribution is 2.25. The van der Waals surface area contributed by atoms with Crippen LogP contribution in [0.15, 0.2) is 30.3 Å². The van der Waals surface area contributed by atoms with E-state index in [0.29, 0.717) is 34.5 Å². The van der Waals surface area contributed by atoms with Gasteiger partial charge in [-0.2, -0.15) is 0 Å². The van der Waals surface area contributed by atoms with Gasteiger partial charge in [0, 0.05) is 36.4 Å². The van der Waals surface area contributed by atoms with Gasteiger partial charge in [-0.15, -0.1) is 10.2 Å². The third kappa shape index (κ3) is 4.48. The summed E-state index contributed by atoms with van der Waals surface area (Å²) in [5.41, 5.74) is 0.707. The Balaban J connectivity index is 1.73. The summed E-state index contributed by atoms with van der Waals surface area (Å²) in [6.45, 7) is 0.490. The summed E-state index contributed by atoms with van der Waals surface area (Å²) in [4.78, 5) is 28.8. The minimum atomic E-state index is -0.578. The summed E-state index contributed by atoms with van der Waals surface area (Å²) < 4.78 is 0. The summed E-state index contributed by atoms with van der Waals surface area (Å²) >= 11 is 11.9. The molecule has 1 aliphatic heterocycles. The molecule has 1 unspecified atom stereocenters. The van der Waals surface area contributed by atoms with E-state index in [9.17, 15) is 9.59 Å². The number of hydrogen-bond acceptors (Lipinski definition) is 5. The lowest BCUT2D eigenvalue weighted by Crippen LogP contribution is -2.43. The predicted octanol–water partition coefficient (Wildman–Crippen LogP) is 3.09. The van der Waals surface area contributed by atoms with Crippen molar-refractivity contribution in [3.63, 3.8) is 0 Å². The van der Waals surface area contributed by atoms with Crippen molar-refractivity contribution in [3.8, 4) is 0 Å². The van der Waals surface area contributed by atoms with Gasteiger partial charge in [0.05, 0.1) is 0 Å². The summed E-state index contributed by atoms with van der Waals surface area (Å²) in [7, 11) is 3.68. The molecule has 0 saturated carbocycles. The molecule has 2 heterocycles. The van der Waals surface area contributed by atoms with E-state index in [2.05, 4.69) is 15.5 Å². The number of nitrogens with one attached hydrogen (secondary N) is 1. The molecule has 2 amide bonds. The normalized spacial score (nSPS) is 16.3. The molecule has 0 bridgehead atoms. The van der Waals surface area contributed by atoms with Crippen LogP contribution in [-0.2, 0) is 4.79 Å². The molecule has 9 heteroatoms. The highest BCUT2D eigenvalue weighted by Gasteiger charge is 2.35. The van der Waals surface area contributed by atoms with E-state index in [1.165, 1.54) is 4.90 Å². The molecular formula is C18H19Cl2N5O2. The molecule has 1 aromatic carbocycles. The van der Waals surface area contributed by atoms with Gasteiger partial charge >= 0.3 is 0 Å². The van der Waals surface area contributed by atoms with Crippen LogP contribution in [0.2, 0.25) is 10.0 Å². The Morgan fingerprint density at radius 3 is 2.44 bits per heavy atom. The molecule has 1 saturated heterocycles. The number of nitrogens with zero attached hydrogens (tertiary/aromatic N) is 4. The third-order valence-corrected chi connectivity index (χ3v) is 4.71. The molecule has 3 rings (SSSR count). The molecule has 7 nitrogen and oxygen atoms in total. The first-order valence-corrected chi connectivity index (χ1v) is 9.20. The summed E-state index contributed by atoms with van der Waals surface area (Å²) in [5.74, 6) is 0.0618. The van der Waals surface area contributed by atoms with Gasteiger partial charge in [0.25, 0.3) is 5.91 Å². The van der Waals surface area contributed by atoms with Crippen LogP contribution in [0.1, 0.15) is 23.3 Å². The fourth-order valence-electron chi connectivity index (χ4n) is 2.96. The summed E-state index contributed by atoms with van der Waals surface area (Å²) in [6, 6.07) is 7.56. The maximum absolute atomic E-state index is 12.8. The van der Waals surface area contributed by atoms with E-state index in [-0.39, 0.29) is 17.5 Å². The van der Waals surface area contributed by atoms with Gasteiger partial charge in [-0.1, -0.05) is 23.2 Å². The second kappa shape index (κ2) is 8.10. The molecule has 142 valence electrons. The number of amides is 2. The Morgan fingerprint density at radius 1 is 1.15 bits per heavy atom. The zero-order valence-electron chi connectivity index (χ0n) is 14.9. The number of aromatic nitrogens is 2. The van der Waals surface area contributed by atoms with E-state index in [1.54, 1.807) is 35.2 Å². The van der Waals surface area contributed by atoms with Crippen molar-refractivity contribution in [2.75, 3.05) is 30.9 Å².